The number of alkyl halides is 3. The molecule has 0 fully saturated rings. The average molecular weight is 335 g/mol. The van der Waals surface area contributed by atoms with Crippen LogP contribution in [0.5, 0.6) is 0 Å². The number of carboxylic acid groups (broad SMARTS) is 1. The largest absolute Gasteiger partial charge is 0.477 e. The fraction of sp³-hybridized carbons (Fsp3) is 0.0588. The predicted molar refractivity (Wildman–Crippen MR) is 81.6 cm³/mol. The van der Waals surface area contributed by atoms with Gasteiger partial charge in [-0.1, -0.05) is 36.4 Å². The van der Waals surface area contributed by atoms with Gasteiger partial charge in [0, 0.05) is 17.3 Å². The molecule has 0 bridgehead atoms. The van der Waals surface area contributed by atoms with Crippen LogP contribution < -0.4 is 5.32 Å². The molecular formula is C17H12F3NO3. The van der Waals surface area contributed by atoms with Gasteiger partial charge in [0.1, 0.15) is 5.70 Å². The molecule has 0 saturated heterocycles. The lowest BCUT2D eigenvalue weighted by Gasteiger charge is -2.11. The second kappa shape index (κ2) is 6.99. The summed E-state index contributed by atoms with van der Waals surface area (Å²) in [5.74, 6) is -2.04. The molecule has 0 saturated carbocycles. The zero-order valence-electron chi connectivity index (χ0n) is 12.2. The normalized spacial score (nSPS) is 11.9. The Kier molecular flexibility index (Phi) is 5.03. The third-order valence-corrected chi connectivity index (χ3v) is 3.03. The summed E-state index contributed by atoms with van der Waals surface area (Å²) in [6, 6.07) is 12.0. The van der Waals surface area contributed by atoms with Crippen LogP contribution in [-0.2, 0) is 11.0 Å². The maximum Gasteiger partial charge on any atom is 0.416 e. The second-order valence-electron chi connectivity index (χ2n) is 4.80. The van der Waals surface area contributed by atoms with E-state index >= 15 is 0 Å². The number of hydrogen-bond acceptors (Lipinski definition) is 3. The molecule has 0 aliphatic carbocycles. The Morgan fingerprint density at radius 3 is 2.25 bits per heavy atom. The first-order chi connectivity index (χ1) is 11.3. The maximum absolute atomic E-state index is 12.7. The zero-order valence-corrected chi connectivity index (χ0v) is 12.2. The lowest BCUT2D eigenvalue weighted by atomic mass is 10.1. The number of anilines is 1. The Balaban J connectivity index is 2.28. The third kappa shape index (κ3) is 4.45. The summed E-state index contributed by atoms with van der Waals surface area (Å²) in [6.07, 6.45) is -3.72. The van der Waals surface area contributed by atoms with Gasteiger partial charge in [-0.25, -0.2) is 4.79 Å². The van der Waals surface area contributed by atoms with Gasteiger partial charge in [0.15, 0.2) is 5.78 Å². The number of carbonyl (C=O) groups excluding carboxylic acids is 1. The summed E-state index contributed by atoms with van der Waals surface area (Å²) in [5, 5.41) is 11.5. The molecule has 2 N–H and O–H groups in total. The Morgan fingerprint density at radius 2 is 1.67 bits per heavy atom. The van der Waals surface area contributed by atoms with Crippen LogP contribution in [0.25, 0.3) is 0 Å². The maximum atomic E-state index is 12.7. The molecule has 0 aromatic heterocycles. The highest BCUT2D eigenvalue weighted by molar-refractivity contribution is 6.09. The quantitative estimate of drug-likeness (QED) is 0.641. The zero-order chi connectivity index (χ0) is 17.7. The van der Waals surface area contributed by atoms with E-state index in [1.807, 2.05) is 0 Å². The number of halogens is 3. The number of nitrogens with one attached hydrogen (secondary N) is 1. The number of carbonyl (C=O) groups is 2. The van der Waals surface area contributed by atoms with Crippen molar-refractivity contribution in [1.82, 2.24) is 0 Å². The average Bonchev–Trinajstić information content (AvgIpc) is 2.54. The molecule has 2 aromatic carbocycles. The lowest BCUT2D eigenvalue weighted by Crippen LogP contribution is -2.13. The molecule has 4 nitrogen and oxygen atoms in total. The van der Waals surface area contributed by atoms with Crippen LogP contribution in [0.3, 0.4) is 0 Å². The molecule has 2 rings (SSSR count). The highest BCUT2D eigenvalue weighted by Crippen LogP contribution is 2.30. The summed E-state index contributed by atoms with van der Waals surface area (Å²) >= 11 is 0. The van der Waals surface area contributed by atoms with Crippen molar-refractivity contribution in [2.24, 2.45) is 0 Å². The van der Waals surface area contributed by atoms with Crippen molar-refractivity contribution < 1.29 is 27.9 Å². The molecule has 24 heavy (non-hydrogen) atoms. The smallest absolute Gasteiger partial charge is 0.416 e. The standard InChI is InChI=1S/C17H12F3NO3/c18-17(19,20)12-7-4-8-13(9-12)21-14(16(23)24)10-15(22)11-5-2-1-3-6-11/h1-10,21H,(H,23,24)/b14-10-. The number of hydrogen-bond donors (Lipinski definition) is 2. The molecular weight excluding hydrogens is 323 g/mol. The predicted octanol–water partition coefficient (Wildman–Crippen LogP) is 3.97. The summed E-state index contributed by atoms with van der Waals surface area (Å²) in [7, 11) is 0. The van der Waals surface area contributed by atoms with Crippen LogP contribution in [0, 0.1) is 0 Å². The minimum atomic E-state index is -4.55. The van der Waals surface area contributed by atoms with Gasteiger partial charge in [0.2, 0.25) is 0 Å². The van der Waals surface area contributed by atoms with Crippen LogP contribution >= 0.6 is 0 Å². The molecule has 124 valence electrons. The number of allylic oxidation sites excluding steroid dienone is 1. The van der Waals surface area contributed by atoms with Crippen LogP contribution in [-0.4, -0.2) is 16.9 Å². The SMILES string of the molecule is O=C(O)/C(=C/C(=O)c1ccccc1)Nc1cccc(C(F)(F)F)c1. The monoisotopic (exact) mass is 335 g/mol. The molecule has 0 unspecified atom stereocenters. The van der Waals surface area contributed by atoms with E-state index in [-0.39, 0.29) is 11.3 Å². The van der Waals surface area contributed by atoms with Gasteiger partial charge < -0.3 is 10.4 Å². The number of aliphatic carboxylic acids is 1. The van der Waals surface area contributed by atoms with E-state index in [0.29, 0.717) is 0 Å². The molecule has 0 aliphatic heterocycles. The van der Waals surface area contributed by atoms with Gasteiger partial charge in [-0.05, 0) is 18.2 Å². The number of rotatable bonds is 5. The van der Waals surface area contributed by atoms with Crippen molar-refractivity contribution in [2.75, 3.05) is 5.32 Å². The molecule has 7 heteroatoms. The Hall–Kier alpha value is -3.09. The van der Waals surface area contributed by atoms with Gasteiger partial charge in [-0.3, -0.25) is 4.79 Å². The van der Waals surface area contributed by atoms with Crippen molar-refractivity contribution in [3.63, 3.8) is 0 Å². The van der Waals surface area contributed by atoms with Crippen LogP contribution in [0.4, 0.5) is 18.9 Å². The molecule has 0 atom stereocenters. The Bertz CT molecular complexity index is 783. The molecule has 0 aliphatic rings. The van der Waals surface area contributed by atoms with Gasteiger partial charge >= 0.3 is 12.1 Å². The van der Waals surface area contributed by atoms with Crippen molar-refractivity contribution in [3.05, 3.63) is 77.5 Å². The summed E-state index contributed by atoms with van der Waals surface area (Å²) in [6.45, 7) is 0. The number of carboxylic acids is 1. The molecule has 0 amide bonds. The first-order valence-corrected chi connectivity index (χ1v) is 6.76. The van der Waals surface area contributed by atoms with E-state index in [0.717, 1.165) is 24.3 Å². The molecule has 2 aromatic rings. The van der Waals surface area contributed by atoms with E-state index in [9.17, 15) is 22.8 Å². The van der Waals surface area contributed by atoms with Crippen molar-refractivity contribution in [2.45, 2.75) is 6.18 Å². The van der Waals surface area contributed by atoms with Crippen molar-refractivity contribution in [3.8, 4) is 0 Å². The van der Waals surface area contributed by atoms with E-state index in [1.165, 1.54) is 18.2 Å². The van der Waals surface area contributed by atoms with E-state index < -0.39 is 29.2 Å². The fourth-order valence-electron chi connectivity index (χ4n) is 1.90. The van der Waals surface area contributed by atoms with E-state index in [1.54, 1.807) is 18.2 Å². The van der Waals surface area contributed by atoms with E-state index in [2.05, 4.69) is 5.32 Å². The molecule has 0 radical (unpaired) electrons. The minimum Gasteiger partial charge on any atom is -0.477 e. The highest BCUT2D eigenvalue weighted by atomic mass is 19.4. The third-order valence-electron chi connectivity index (χ3n) is 3.03. The van der Waals surface area contributed by atoms with Gasteiger partial charge in [-0.15, -0.1) is 0 Å². The Labute approximate surface area is 135 Å². The topological polar surface area (TPSA) is 66.4 Å². The summed E-state index contributed by atoms with van der Waals surface area (Å²) < 4.78 is 38.0. The first-order valence-electron chi connectivity index (χ1n) is 6.76. The van der Waals surface area contributed by atoms with Crippen LogP contribution in [0.2, 0.25) is 0 Å². The van der Waals surface area contributed by atoms with Crippen molar-refractivity contribution in [1.29, 1.82) is 0 Å². The van der Waals surface area contributed by atoms with Gasteiger partial charge in [0.25, 0.3) is 0 Å². The van der Waals surface area contributed by atoms with Gasteiger partial charge in [0.05, 0.1) is 5.56 Å². The molecule has 0 spiro atoms. The van der Waals surface area contributed by atoms with Crippen LogP contribution in [0.15, 0.2) is 66.4 Å². The first kappa shape index (κ1) is 17.3. The minimum absolute atomic E-state index is 0.0839. The van der Waals surface area contributed by atoms with E-state index in [4.69, 9.17) is 5.11 Å². The molecule has 0 heterocycles. The van der Waals surface area contributed by atoms with Gasteiger partial charge in [-0.2, -0.15) is 13.2 Å². The summed E-state index contributed by atoms with van der Waals surface area (Å²) in [5.41, 5.74) is -1.27. The second-order valence-corrected chi connectivity index (χ2v) is 4.80. The Morgan fingerprint density at radius 1 is 1.00 bits per heavy atom. The summed E-state index contributed by atoms with van der Waals surface area (Å²) in [4.78, 5) is 23.3. The fourth-order valence-corrected chi connectivity index (χ4v) is 1.90. The highest BCUT2D eigenvalue weighted by Gasteiger charge is 2.30. The van der Waals surface area contributed by atoms with Crippen LogP contribution in [0.1, 0.15) is 15.9 Å². The lowest BCUT2D eigenvalue weighted by molar-refractivity contribution is -0.137. The van der Waals surface area contributed by atoms with Crippen molar-refractivity contribution >= 4 is 17.4 Å². The number of ketones is 1. The number of benzene rings is 2.